The molecule has 11 rings (SSSR count). The van der Waals surface area contributed by atoms with Crippen LogP contribution in [0, 0.1) is 5.92 Å². The van der Waals surface area contributed by atoms with Gasteiger partial charge in [0.05, 0.1) is 53.9 Å². The van der Waals surface area contributed by atoms with Crippen molar-refractivity contribution in [2.45, 2.75) is 44.6 Å². The maximum atomic E-state index is 15.2. The van der Waals surface area contributed by atoms with E-state index in [0.717, 1.165) is 49.7 Å². The van der Waals surface area contributed by atoms with Gasteiger partial charge < -0.3 is 19.6 Å². The number of rotatable bonds is 10. The quantitative estimate of drug-likeness (QED) is 0.148. The average Bonchev–Trinajstić information content (AvgIpc) is 3.95. The Kier molecular flexibility index (Phi) is 8.85. The van der Waals surface area contributed by atoms with Crippen LogP contribution < -0.4 is 14.7 Å². The standard InChI is InChI=1S/C52H42N4O6/c1-32-27-39(29-46(58)53(25-26-57)30-33-9-3-2-4-10-33)62-52(32)42-28-38(56-45-18-8-14-36-12-6-16-41(48(36)45)50(56)60)23-24-43(42)54(51(52)61)31-34-19-21-37(22-20-34)55-44-17-7-13-35-11-5-15-40(47(35)44)49(55)59/h2-24,28,32,39,57H,25-27,29-31H2,1H3/t32-,39-,52+/m1/s1. The summed E-state index contributed by atoms with van der Waals surface area (Å²) in [5, 5.41) is 13.7. The van der Waals surface area contributed by atoms with Gasteiger partial charge in [-0.3, -0.25) is 29.0 Å². The van der Waals surface area contributed by atoms with Crippen molar-refractivity contribution in [2.24, 2.45) is 5.92 Å². The molecule has 7 aromatic rings. The summed E-state index contributed by atoms with van der Waals surface area (Å²) >= 11 is 0. The second kappa shape index (κ2) is 14.5. The van der Waals surface area contributed by atoms with Crippen LogP contribution in [0.4, 0.5) is 28.4 Å². The van der Waals surface area contributed by atoms with Crippen molar-refractivity contribution in [1.82, 2.24) is 4.90 Å². The molecule has 0 bridgehead atoms. The molecule has 3 atom stereocenters. The van der Waals surface area contributed by atoms with Crippen LogP contribution in [-0.2, 0) is 33.0 Å². The van der Waals surface area contributed by atoms with Gasteiger partial charge in [-0.15, -0.1) is 0 Å². The van der Waals surface area contributed by atoms with E-state index < -0.39 is 11.7 Å². The molecule has 1 fully saturated rings. The highest BCUT2D eigenvalue weighted by Crippen LogP contribution is 2.56. The van der Waals surface area contributed by atoms with Crippen molar-refractivity contribution in [3.63, 3.8) is 0 Å². The number of ether oxygens (including phenoxy) is 1. The average molecular weight is 819 g/mol. The molecular formula is C52H42N4O6. The number of carbonyl (C=O) groups excluding carboxylic acids is 4. The van der Waals surface area contributed by atoms with Crippen LogP contribution in [-0.4, -0.2) is 52.9 Å². The van der Waals surface area contributed by atoms with Crippen LogP contribution in [0.5, 0.6) is 0 Å². The largest absolute Gasteiger partial charge is 0.395 e. The number of carbonyl (C=O) groups is 4. The molecule has 4 heterocycles. The van der Waals surface area contributed by atoms with Crippen LogP contribution in [0.15, 0.2) is 146 Å². The number of hydrogen-bond donors (Lipinski definition) is 1. The highest BCUT2D eigenvalue weighted by atomic mass is 16.5. The van der Waals surface area contributed by atoms with Gasteiger partial charge in [0.1, 0.15) is 0 Å². The first kappa shape index (κ1) is 37.8. The minimum Gasteiger partial charge on any atom is -0.395 e. The predicted octanol–water partition coefficient (Wildman–Crippen LogP) is 9.16. The van der Waals surface area contributed by atoms with E-state index in [1.165, 1.54) is 0 Å². The molecule has 62 heavy (non-hydrogen) atoms. The smallest absolute Gasteiger partial charge is 0.264 e. The molecule has 10 nitrogen and oxygen atoms in total. The zero-order valence-corrected chi connectivity index (χ0v) is 34.0. The first-order valence-electron chi connectivity index (χ1n) is 21.1. The first-order chi connectivity index (χ1) is 30.2. The fourth-order valence-corrected chi connectivity index (χ4v) is 10.3. The van der Waals surface area contributed by atoms with E-state index in [2.05, 4.69) is 0 Å². The number of hydrogen-bond acceptors (Lipinski definition) is 6. The number of amides is 4. The van der Waals surface area contributed by atoms with Crippen LogP contribution in [0.25, 0.3) is 21.5 Å². The molecule has 4 amide bonds. The molecule has 0 unspecified atom stereocenters. The highest BCUT2D eigenvalue weighted by molar-refractivity contribution is 6.29. The second-order valence-electron chi connectivity index (χ2n) is 16.7. The van der Waals surface area contributed by atoms with Gasteiger partial charge in [0, 0.05) is 46.7 Å². The zero-order chi connectivity index (χ0) is 42.3. The van der Waals surface area contributed by atoms with Crippen molar-refractivity contribution in [1.29, 1.82) is 0 Å². The normalized spacial score (nSPS) is 19.8. The molecule has 10 heteroatoms. The Bertz CT molecular complexity index is 3000. The third-order valence-corrected chi connectivity index (χ3v) is 13.1. The van der Waals surface area contributed by atoms with E-state index in [4.69, 9.17) is 4.74 Å². The van der Waals surface area contributed by atoms with Crippen molar-refractivity contribution in [3.8, 4) is 0 Å². The molecule has 0 aromatic heterocycles. The van der Waals surface area contributed by atoms with Crippen LogP contribution in [0.3, 0.4) is 0 Å². The van der Waals surface area contributed by atoms with Gasteiger partial charge >= 0.3 is 0 Å². The van der Waals surface area contributed by atoms with E-state index in [9.17, 15) is 19.5 Å². The molecule has 0 aliphatic carbocycles. The lowest BCUT2D eigenvalue weighted by molar-refractivity contribution is -0.150. The van der Waals surface area contributed by atoms with Gasteiger partial charge in [0.25, 0.3) is 17.7 Å². The molecule has 4 aliphatic rings. The summed E-state index contributed by atoms with van der Waals surface area (Å²) in [6.45, 7) is 2.56. The SMILES string of the molecule is C[C@@H]1C[C@H](CC(=O)N(CCO)Cc2ccccc2)O[C@@]12C(=O)N(Cc1ccc(N3C(=O)c4cccc5cccc3c45)cc1)c1ccc(N3C(=O)c4cccc5cccc3c45)cc12. The molecule has 7 aromatic carbocycles. The van der Waals surface area contributed by atoms with Crippen LogP contribution >= 0.6 is 0 Å². The lowest BCUT2D eigenvalue weighted by Gasteiger charge is -2.29. The van der Waals surface area contributed by atoms with E-state index in [-0.39, 0.29) is 55.7 Å². The minimum atomic E-state index is -1.43. The molecule has 1 saturated heterocycles. The Balaban J connectivity index is 0.934. The molecule has 0 saturated carbocycles. The Hall–Kier alpha value is -7.14. The van der Waals surface area contributed by atoms with E-state index >= 15 is 4.79 Å². The van der Waals surface area contributed by atoms with Crippen molar-refractivity contribution in [3.05, 3.63) is 173 Å². The Labute approximate surface area is 358 Å². The third-order valence-electron chi connectivity index (χ3n) is 13.1. The summed E-state index contributed by atoms with van der Waals surface area (Å²) in [4.78, 5) is 63.8. The van der Waals surface area contributed by atoms with Crippen molar-refractivity contribution in [2.75, 3.05) is 27.9 Å². The summed E-state index contributed by atoms with van der Waals surface area (Å²) in [6, 6.07) is 46.4. The van der Waals surface area contributed by atoms with Gasteiger partial charge in [-0.2, -0.15) is 0 Å². The van der Waals surface area contributed by atoms with Crippen LogP contribution in [0.2, 0.25) is 0 Å². The maximum absolute atomic E-state index is 15.2. The predicted molar refractivity (Wildman–Crippen MR) is 239 cm³/mol. The number of aliphatic hydroxyl groups is 1. The van der Waals surface area contributed by atoms with Gasteiger partial charge in [0.2, 0.25) is 5.91 Å². The maximum Gasteiger partial charge on any atom is 0.264 e. The third kappa shape index (κ3) is 5.70. The van der Waals surface area contributed by atoms with Gasteiger partial charge in [0.15, 0.2) is 5.60 Å². The lowest BCUT2D eigenvalue weighted by Crippen LogP contribution is -2.44. The summed E-state index contributed by atoms with van der Waals surface area (Å²) < 4.78 is 6.95. The molecular weight excluding hydrogens is 777 g/mol. The summed E-state index contributed by atoms with van der Waals surface area (Å²) in [6.07, 6.45) is -0.0848. The van der Waals surface area contributed by atoms with Gasteiger partial charge in [-0.05, 0) is 82.9 Å². The molecule has 1 N–H and O–H groups in total. The lowest BCUT2D eigenvalue weighted by atomic mass is 9.82. The highest BCUT2D eigenvalue weighted by Gasteiger charge is 2.60. The summed E-state index contributed by atoms with van der Waals surface area (Å²) in [7, 11) is 0. The fraction of sp³-hybridized carbons (Fsp3) is 0.192. The van der Waals surface area contributed by atoms with Crippen molar-refractivity contribution < 1.29 is 29.0 Å². The van der Waals surface area contributed by atoms with E-state index in [1.807, 2.05) is 153 Å². The van der Waals surface area contributed by atoms with Crippen molar-refractivity contribution >= 4 is 73.6 Å². The fourth-order valence-electron chi connectivity index (χ4n) is 10.3. The molecule has 4 aliphatic heterocycles. The topological polar surface area (TPSA) is 111 Å². The number of nitrogens with zero attached hydrogens (tertiary/aromatic N) is 4. The van der Waals surface area contributed by atoms with Crippen LogP contribution in [0.1, 0.15) is 57.2 Å². The summed E-state index contributed by atoms with van der Waals surface area (Å²) in [5.74, 6) is -0.952. The monoisotopic (exact) mass is 818 g/mol. The molecule has 0 radical (unpaired) electrons. The molecule has 306 valence electrons. The number of fused-ring (bicyclic) bond motifs is 2. The Morgan fingerprint density at radius 2 is 1.29 bits per heavy atom. The zero-order valence-electron chi connectivity index (χ0n) is 34.0. The van der Waals surface area contributed by atoms with E-state index in [0.29, 0.717) is 41.0 Å². The number of anilines is 5. The first-order valence-corrected chi connectivity index (χ1v) is 21.1. The minimum absolute atomic E-state index is 0.0391. The van der Waals surface area contributed by atoms with Gasteiger partial charge in [-0.25, -0.2) is 0 Å². The Morgan fingerprint density at radius 3 is 1.92 bits per heavy atom. The molecule has 1 spiro atoms. The summed E-state index contributed by atoms with van der Waals surface area (Å²) in [5.41, 5.74) is 5.96. The Morgan fingerprint density at radius 1 is 0.694 bits per heavy atom. The number of benzene rings is 7. The van der Waals surface area contributed by atoms with Gasteiger partial charge in [-0.1, -0.05) is 97.9 Å². The van der Waals surface area contributed by atoms with E-state index in [1.54, 1.807) is 19.6 Å². The second-order valence-corrected chi connectivity index (χ2v) is 16.7. The number of aliphatic hydroxyl groups excluding tert-OH is 1.